The number of methoxy groups -OCH3 is 1. The van der Waals surface area contributed by atoms with E-state index in [0.717, 1.165) is 31.0 Å². The van der Waals surface area contributed by atoms with Crippen molar-refractivity contribution < 1.29 is 9.47 Å². The van der Waals surface area contributed by atoms with Gasteiger partial charge in [0.05, 0.1) is 31.5 Å². The summed E-state index contributed by atoms with van der Waals surface area (Å²) < 4.78 is 11.0. The van der Waals surface area contributed by atoms with Crippen molar-refractivity contribution in [2.75, 3.05) is 20.3 Å². The highest BCUT2D eigenvalue weighted by molar-refractivity contribution is 5.42. The van der Waals surface area contributed by atoms with E-state index in [0.29, 0.717) is 11.6 Å². The summed E-state index contributed by atoms with van der Waals surface area (Å²) in [6.07, 6.45) is 0.251. The summed E-state index contributed by atoms with van der Waals surface area (Å²) >= 11 is 0. The Bertz CT molecular complexity index is 482. The van der Waals surface area contributed by atoms with E-state index in [1.54, 1.807) is 13.2 Å². The van der Waals surface area contributed by atoms with Gasteiger partial charge >= 0.3 is 0 Å². The molecule has 1 aromatic rings. The largest absolute Gasteiger partial charge is 0.496 e. The number of ether oxygens (including phenoxy) is 2. The summed E-state index contributed by atoms with van der Waals surface area (Å²) in [6.45, 7) is 6.68. The van der Waals surface area contributed by atoms with Gasteiger partial charge in [0.1, 0.15) is 5.75 Å². The lowest BCUT2D eigenvalue weighted by Gasteiger charge is -2.37. The molecule has 2 rings (SSSR count). The third kappa shape index (κ3) is 3.25. The molecule has 19 heavy (non-hydrogen) atoms. The molecule has 0 aromatic heterocycles. The van der Waals surface area contributed by atoms with Crippen LogP contribution in [0.2, 0.25) is 0 Å². The number of hydrogen-bond donors (Lipinski definition) is 0. The van der Waals surface area contributed by atoms with Crippen molar-refractivity contribution in [1.29, 1.82) is 5.26 Å². The molecule has 0 saturated carbocycles. The predicted octanol–water partition coefficient (Wildman–Crippen LogP) is 2.18. The average Bonchev–Trinajstić information content (AvgIpc) is 2.42. The zero-order valence-corrected chi connectivity index (χ0v) is 11.7. The Kier molecular flexibility index (Phi) is 4.41. The van der Waals surface area contributed by atoms with Crippen LogP contribution < -0.4 is 4.74 Å². The van der Waals surface area contributed by atoms with Crippen LogP contribution >= 0.6 is 0 Å². The van der Waals surface area contributed by atoms with Crippen LogP contribution in [0.25, 0.3) is 0 Å². The molecule has 4 heteroatoms. The summed E-state index contributed by atoms with van der Waals surface area (Å²) in [7, 11) is 1.66. The van der Waals surface area contributed by atoms with E-state index in [9.17, 15) is 0 Å². The summed E-state index contributed by atoms with van der Waals surface area (Å²) in [6, 6.07) is 8.12. The Morgan fingerprint density at radius 3 is 2.95 bits per heavy atom. The van der Waals surface area contributed by atoms with E-state index in [-0.39, 0.29) is 6.10 Å². The fraction of sp³-hybridized carbons (Fsp3) is 0.533. The second-order valence-electron chi connectivity index (χ2n) is 5.06. The molecule has 1 aromatic carbocycles. The van der Waals surface area contributed by atoms with Gasteiger partial charge in [-0.25, -0.2) is 0 Å². The van der Waals surface area contributed by atoms with Crippen molar-refractivity contribution in [2.45, 2.75) is 32.5 Å². The van der Waals surface area contributed by atoms with Gasteiger partial charge in [-0.15, -0.1) is 0 Å². The molecule has 2 atom stereocenters. The van der Waals surface area contributed by atoms with Gasteiger partial charge in [-0.2, -0.15) is 5.26 Å². The summed E-state index contributed by atoms with van der Waals surface area (Å²) in [5.41, 5.74) is 1.73. The highest BCUT2D eigenvalue weighted by Gasteiger charge is 2.24. The molecule has 0 N–H and O–H groups in total. The SMILES string of the molecule is COc1ccc(C#N)cc1CN1CC(C)OCC1C. The van der Waals surface area contributed by atoms with Crippen molar-refractivity contribution in [3.8, 4) is 11.8 Å². The molecule has 0 spiro atoms. The number of benzene rings is 1. The molecule has 1 fully saturated rings. The first kappa shape index (κ1) is 13.9. The third-order valence-electron chi connectivity index (χ3n) is 3.52. The van der Waals surface area contributed by atoms with Crippen molar-refractivity contribution >= 4 is 0 Å². The van der Waals surface area contributed by atoms with Gasteiger partial charge in [-0.1, -0.05) is 0 Å². The number of morpholine rings is 1. The topological polar surface area (TPSA) is 45.5 Å². The van der Waals surface area contributed by atoms with E-state index < -0.39 is 0 Å². The van der Waals surface area contributed by atoms with E-state index in [4.69, 9.17) is 14.7 Å². The Balaban J connectivity index is 2.19. The van der Waals surface area contributed by atoms with Crippen LogP contribution in [0.4, 0.5) is 0 Å². The summed E-state index contributed by atoms with van der Waals surface area (Å²) in [5.74, 6) is 0.838. The van der Waals surface area contributed by atoms with E-state index in [1.165, 1.54) is 0 Å². The van der Waals surface area contributed by atoms with Crippen LogP contribution in [0.1, 0.15) is 25.0 Å². The normalized spacial score (nSPS) is 23.9. The maximum atomic E-state index is 9.00. The van der Waals surface area contributed by atoms with Crippen molar-refractivity contribution in [3.05, 3.63) is 29.3 Å². The van der Waals surface area contributed by atoms with Crippen molar-refractivity contribution in [1.82, 2.24) is 4.90 Å². The lowest BCUT2D eigenvalue weighted by atomic mass is 10.1. The van der Waals surface area contributed by atoms with Crippen LogP contribution in [-0.2, 0) is 11.3 Å². The van der Waals surface area contributed by atoms with Crippen LogP contribution in [0.3, 0.4) is 0 Å². The van der Waals surface area contributed by atoms with Gasteiger partial charge < -0.3 is 9.47 Å². The standard InChI is InChI=1S/C15H20N2O2/c1-11-10-19-12(2)8-17(11)9-14-6-13(7-16)4-5-15(14)18-3/h4-6,11-12H,8-10H2,1-3H3. The zero-order chi connectivity index (χ0) is 13.8. The molecule has 102 valence electrons. The molecule has 0 amide bonds. The lowest BCUT2D eigenvalue weighted by Crippen LogP contribution is -2.46. The smallest absolute Gasteiger partial charge is 0.123 e. The Labute approximate surface area is 114 Å². The van der Waals surface area contributed by atoms with Crippen LogP contribution in [0, 0.1) is 11.3 Å². The number of nitriles is 1. The average molecular weight is 260 g/mol. The van der Waals surface area contributed by atoms with Gasteiger partial charge in [0.25, 0.3) is 0 Å². The monoisotopic (exact) mass is 260 g/mol. The van der Waals surface area contributed by atoms with Crippen molar-refractivity contribution in [3.63, 3.8) is 0 Å². The molecule has 1 heterocycles. The third-order valence-corrected chi connectivity index (χ3v) is 3.52. The van der Waals surface area contributed by atoms with Crippen LogP contribution in [0.15, 0.2) is 18.2 Å². The first-order valence-corrected chi connectivity index (χ1v) is 6.56. The zero-order valence-electron chi connectivity index (χ0n) is 11.7. The first-order valence-electron chi connectivity index (χ1n) is 6.56. The minimum atomic E-state index is 0.251. The highest BCUT2D eigenvalue weighted by atomic mass is 16.5. The van der Waals surface area contributed by atoms with Gasteiger partial charge in [0, 0.05) is 24.7 Å². The second-order valence-corrected chi connectivity index (χ2v) is 5.06. The number of nitrogens with zero attached hydrogens (tertiary/aromatic N) is 2. The van der Waals surface area contributed by atoms with Gasteiger partial charge in [-0.3, -0.25) is 4.90 Å². The summed E-state index contributed by atoms with van der Waals surface area (Å²) in [5, 5.41) is 9.00. The maximum absolute atomic E-state index is 9.00. The van der Waals surface area contributed by atoms with Gasteiger partial charge in [0.2, 0.25) is 0 Å². The minimum Gasteiger partial charge on any atom is -0.496 e. The molecule has 1 aliphatic heterocycles. The minimum absolute atomic E-state index is 0.251. The molecule has 0 radical (unpaired) electrons. The fourth-order valence-electron chi connectivity index (χ4n) is 2.38. The molecular weight excluding hydrogens is 240 g/mol. The Morgan fingerprint density at radius 1 is 1.47 bits per heavy atom. The van der Waals surface area contributed by atoms with Gasteiger partial charge in [0.15, 0.2) is 0 Å². The van der Waals surface area contributed by atoms with E-state index in [1.807, 2.05) is 12.1 Å². The van der Waals surface area contributed by atoms with Crippen LogP contribution in [0.5, 0.6) is 5.75 Å². The molecule has 4 nitrogen and oxygen atoms in total. The molecule has 0 aliphatic carbocycles. The van der Waals surface area contributed by atoms with E-state index >= 15 is 0 Å². The quantitative estimate of drug-likeness (QED) is 0.835. The predicted molar refractivity (Wildman–Crippen MR) is 73.0 cm³/mol. The highest BCUT2D eigenvalue weighted by Crippen LogP contribution is 2.23. The molecular formula is C15H20N2O2. The maximum Gasteiger partial charge on any atom is 0.123 e. The fourth-order valence-corrected chi connectivity index (χ4v) is 2.38. The molecule has 1 aliphatic rings. The summed E-state index contributed by atoms with van der Waals surface area (Å²) in [4.78, 5) is 2.37. The first-order chi connectivity index (χ1) is 9.13. The number of hydrogen-bond acceptors (Lipinski definition) is 4. The van der Waals surface area contributed by atoms with E-state index in [2.05, 4.69) is 24.8 Å². The molecule has 2 unspecified atom stereocenters. The Hall–Kier alpha value is -1.57. The number of rotatable bonds is 3. The van der Waals surface area contributed by atoms with Crippen LogP contribution in [-0.4, -0.2) is 37.3 Å². The lowest BCUT2D eigenvalue weighted by molar-refractivity contribution is -0.0528. The molecule has 0 bridgehead atoms. The van der Waals surface area contributed by atoms with Gasteiger partial charge in [-0.05, 0) is 32.0 Å². The molecule has 1 saturated heterocycles. The van der Waals surface area contributed by atoms with Crippen molar-refractivity contribution in [2.24, 2.45) is 0 Å². The second kappa shape index (κ2) is 6.05. The Morgan fingerprint density at radius 2 is 2.26 bits per heavy atom.